The van der Waals surface area contributed by atoms with Gasteiger partial charge in [-0.25, -0.2) is 4.98 Å². The first-order valence-corrected chi connectivity index (χ1v) is 10.6. The molecule has 1 amide bonds. The van der Waals surface area contributed by atoms with Crippen LogP contribution in [0, 0.1) is 5.92 Å². The molecule has 0 spiro atoms. The van der Waals surface area contributed by atoms with Gasteiger partial charge in [0, 0.05) is 31.3 Å². The van der Waals surface area contributed by atoms with Crippen molar-refractivity contribution in [3.63, 3.8) is 0 Å². The zero-order valence-corrected chi connectivity index (χ0v) is 17.0. The van der Waals surface area contributed by atoms with E-state index in [0.717, 1.165) is 18.5 Å². The number of rotatable bonds is 5. The molecule has 0 aromatic carbocycles. The van der Waals surface area contributed by atoms with Crippen LogP contribution in [0.2, 0.25) is 0 Å². The fourth-order valence-corrected chi connectivity index (χ4v) is 4.76. The lowest BCUT2D eigenvalue weighted by Gasteiger charge is -2.32. The topological polar surface area (TPSA) is 81.5 Å². The average Bonchev–Trinajstić information content (AvgIpc) is 3.05. The van der Waals surface area contributed by atoms with Gasteiger partial charge in [0.2, 0.25) is 5.91 Å². The number of thioether (sulfide) groups is 1. The summed E-state index contributed by atoms with van der Waals surface area (Å²) >= 11 is 1.53. The molecule has 2 atom stereocenters. The number of hydrogen-bond donors (Lipinski definition) is 0. The summed E-state index contributed by atoms with van der Waals surface area (Å²) in [7, 11) is 0. The molecular formula is C19H27N3O4S. The molecule has 1 aromatic rings. The highest BCUT2D eigenvalue weighted by molar-refractivity contribution is 7.99. The SMILES string of the molecule is CCOC(=O)C1CCCN(C(=O)CC2CSc3nc(C(C)C)cc(=O)n32)C1. The number of hydrogen-bond acceptors (Lipinski definition) is 6. The Morgan fingerprint density at radius 3 is 2.89 bits per heavy atom. The summed E-state index contributed by atoms with van der Waals surface area (Å²) in [4.78, 5) is 43.7. The molecule has 1 saturated heterocycles. The number of piperidine rings is 1. The first-order valence-electron chi connectivity index (χ1n) is 9.61. The third kappa shape index (κ3) is 4.36. The Balaban J connectivity index is 1.68. The van der Waals surface area contributed by atoms with E-state index in [1.54, 1.807) is 22.5 Å². The molecule has 0 N–H and O–H groups in total. The number of ether oxygens (including phenoxy) is 1. The number of carbonyl (C=O) groups excluding carboxylic acids is 2. The molecule has 1 fully saturated rings. The number of esters is 1. The van der Waals surface area contributed by atoms with E-state index >= 15 is 0 Å². The zero-order chi connectivity index (χ0) is 19.6. The van der Waals surface area contributed by atoms with Crippen molar-refractivity contribution in [2.24, 2.45) is 5.92 Å². The van der Waals surface area contributed by atoms with E-state index in [4.69, 9.17) is 4.74 Å². The molecule has 2 unspecified atom stereocenters. The van der Waals surface area contributed by atoms with Crippen LogP contribution in [0.1, 0.15) is 57.7 Å². The van der Waals surface area contributed by atoms with Crippen molar-refractivity contribution in [1.29, 1.82) is 0 Å². The first kappa shape index (κ1) is 19.9. The van der Waals surface area contributed by atoms with Crippen molar-refractivity contribution < 1.29 is 14.3 Å². The average molecular weight is 394 g/mol. The maximum absolute atomic E-state index is 12.8. The van der Waals surface area contributed by atoms with Gasteiger partial charge in [0.15, 0.2) is 5.16 Å². The van der Waals surface area contributed by atoms with Crippen LogP contribution in [0.25, 0.3) is 0 Å². The van der Waals surface area contributed by atoms with Gasteiger partial charge in [0.25, 0.3) is 5.56 Å². The number of likely N-dealkylation sites (tertiary alicyclic amines) is 1. The highest BCUT2D eigenvalue weighted by Crippen LogP contribution is 2.33. The molecule has 2 aliphatic rings. The fourth-order valence-electron chi connectivity index (χ4n) is 3.60. The largest absolute Gasteiger partial charge is 0.466 e. The maximum atomic E-state index is 12.8. The van der Waals surface area contributed by atoms with Gasteiger partial charge in [-0.2, -0.15) is 0 Å². The molecule has 8 heteroatoms. The van der Waals surface area contributed by atoms with Crippen LogP contribution in [0.15, 0.2) is 16.0 Å². The summed E-state index contributed by atoms with van der Waals surface area (Å²) in [6, 6.07) is 1.40. The summed E-state index contributed by atoms with van der Waals surface area (Å²) in [6.07, 6.45) is 1.81. The van der Waals surface area contributed by atoms with Gasteiger partial charge in [-0.05, 0) is 25.7 Å². The minimum atomic E-state index is -0.245. The van der Waals surface area contributed by atoms with Crippen LogP contribution < -0.4 is 5.56 Å². The van der Waals surface area contributed by atoms with Gasteiger partial charge in [0.05, 0.1) is 24.3 Å². The molecule has 1 aromatic heterocycles. The van der Waals surface area contributed by atoms with Gasteiger partial charge >= 0.3 is 5.97 Å². The summed E-state index contributed by atoms with van der Waals surface area (Å²) < 4.78 is 6.76. The second kappa shape index (κ2) is 8.46. The first-order chi connectivity index (χ1) is 12.9. The summed E-state index contributed by atoms with van der Waals surface area (Å²) in [5, 5.41) is 0.701. The second-order valence-corrected chi connectivity index (χ2v) is 8.41. The number of fused-ring (bicyclic) bond motifs is 1. The molecule has 0 bridgehead atoms. The Bertz CT molecular complexity index is 777. The van der Waals surface area contributed by atoms with Crippen molar-refractivity contribution in [2.45, 2.75) is 57.1 Å². The number of nitrogens with zero attached hydrogens (tertiary/aromatic N) is 3. The Kier molecular flexibility index (Phi) is 6.24. The molecular weight excluding hydrogens is 366 g/mol. The third-order valence-corrected chi connectivity index (χ3v) is 6.20. The van der Waals surface area contributed by atoms with Crippen LogP contribution >= 0.6 is 11.8 Å². The lowest BCUT2D eigenvalue weighted by atomic mass is 9.97. The van der Waals surface area contributed by atoms with Gasteiger partial charge < -0.3 is 9.64 Å². The summed E-state index contributed by atoms with van der Waals surface area (Å²) in [5.74, 6) is 0.384. The van der Waals surface area contributed by atoms with E-state index in [0.29, 0.717) is 30.6 Å². The van der Waals surface area contributed by atoms with E-state index < -0.39 is 0 Å². The quantitative estimate of drug-likeness (QED) is 0.563. The normalized spacial score (nSPS) is 22.0. The monoisotopic (exact) mass is 393 g/mol. The molecule has 0 saturated carbocycles. The smallest absolute Gasteiger partial charge is 0.310 e. The fraction of sp³-hybridized carbons (Fsp3) is 0.684. The molecule has 3 rings (SSSR count). The number of amides is 1. The van der Waals surface area contributed by atoms with Gasteiger partial charge in [0.1, 0.15) is 0 Å². The lowest BCUT2D eigenvalue weighted by Crippen LogP contribution is -2.43. The van der Waals surface area contributed by atoms with E-state index in [9.17, 15) is 14.4 Å². The Morgan fingerprint density at radius 2 is 2.19 bits per heavy atom. The van der Waals surface area contributed by atoms with E-state index in [2.05, 4.69) is 4.98 Å². The minimum Gasteiger partial charge on any atom is -0.466 e. The van der Waals surface area contributed by atoms with Crippen molar-refractivity contribution in [3.05, 3.63) is 22.1 Å². The molecule has 0 aliphatic carbocycles. The predicted molar refractivity (Wildman–Crippen MR) is 103 cm³/mol. The standard InChI is InChI=1S/C19H27N3O4S/c1-4-26-18(25)13-6-5-7-21(10-13)16(23)8-14-11-27-19-20-15(12(2)3)9-17(24)22(14)19/h9,12-14H,4-8,10-11H2,1-3H3. The summed E-state index contributed by atoms with van der Waals surface area (Å²) in [5.41, 5.74) is 0.702. The van der Waals surface area contributed by atoms with Crippen molar-refractivity contribution in [1.82, 2.24) is 14.5 Å². The number of aromatic nitrogens is 2. The van der Waals surface area contributed by atoms with Crippen LogP contribution in [-0.2, 0) is 14.3 Å². The Hall–Kier alpha value is -1.83. The minimum absolute atomic E-state index is 0.0118. The molecule has 7 nitrogen and oxygen atoms in total. The van der Waals surface area contributed by atoms with Crippen LogP contribution in [0.3, 0.4) is 0 Å². The lowest BCUT2D eigenvalue weighted by molar-refractivity contribution is -0.151. The molecule has 0 radical (unpaired) electrons. The highest BCUT2D eigenvalue weighted by atomic mass is 32.2. The molecule has 3 heterocycles. The van der Waals surface area contributed by atoms with E-state index in [-0.39, 0.29) is 41.7 Å². The van der Waals surface area contributed by atoms with E-state index in [1.165, 1.54) is 11.8 Å². The van der Waals surface area contributed by atoms with Crippen molar-refractivity contribution >= 4 is 23.6 Å². The molecule has 148 valence electrons. The van der Waals surface area contributed by atoms with E-state index in [1.807, 2.05) is 13.8 Å². The summed E-state index contributed by atoms with van der Waals surface area (Å²) in [6.45, 7) is 7.22. The second-order valence-electron chi connectivity index (χ2n) is 7.43. The van der Waals surface area contributed by atoms with Crippen LogP contribution in [0.5, 0.6) is 0 Å². The third-order valence-electron chi connectivity index (χ3n) is 5.11. The van der Waals surface area contributed by atoms with Gasteiger partial charge in [-0.1, -0.05) is 25.6 Å². The maximum Gasteiger partial charge on any atom is 0.310 e. The van der Waals surface area contributed by atoms with Gasteiger partial charge in [-0.15, -0.1) is 0 Å². The van der Waals surface area contributed by atoms with Crippen LogP contribution in [-0.4, -0.2) is 51.8 Å². The van der Waals surface area contributed by atoms with Gasteiger partial charge in [-0.3, -0.25) is 19.0 Å². The Labute approximate surface area is 163 Å². The highest BCUT2D eigenvalue weighted by Gasteiger charge is 2.33. The molecule has 2 aliphatic heterocycles. The number of carbonyl (C=O) groups is 2. The predicted octanol–water partition coefficient (Wildman–Crippen LogP) is 2.21. The van der Waals surface area contributed by atoms with Crippen molar-refractivity contribution in [3.8, 4) is 0 Å². The zero-order valence-electron chi connectivity index (χ0n) is 16.1. The van der Waals surface area contributed by atoms with Crippen LogP contribution in [0.4, 0.5) is 0 Å². The van der Waals surface area contributed by atoms with Crippen molar-refractivity contribution in [2.75, 3.05) is 25.4 Å². The molecule has 27 heavy (non-hydrogen) atoms. The Morgan fingerprint density at radius 1 is 1.41 bits per heavy atom.